The fourth-order valence-corrected chi connectivity index (χ4v) is 3.62. The molecule has 2 rings (SSSR count). The topological polar surface area (TPSA) is 113 Å². The quantitative estimate of drug-likeness (QED) is 0.475. The molecule has 0 bridgehead atoms. The Balaban J connectivity index is 1.78. The van der Waals surface area contributed by atoms with E-state index in [0.29, 0.717) is 6.42 Å². The molecule has 0 atom stereocenters. The number of unbranched alkanes of at least 4 members (excludes halogenated alkanes) is 1. The highest BCUT2D eigenvalue weighted by molar-refractivity contribution is 7.89. The first kappa shape index (κ1) is 19.1. The molecule has 0 fully saturated rings. The van der Waals surface area contributed by atoms with Gasteiger partial charge in [0.1, 0.15) is 6.54 Å². The lowest BCUT2D eigenvalue weighted by molar-refractivity contribution is -0.121. The van der Waals surface area contributed by atoms with Gasteiger partial charge >= 0.3 is 0 Å². The van der Waals surface area contributed by atoms with Crippen LogP contribution in [0.3, 0.4) is 0 Å². The van der Waals surface area contributed by atoms with E-state index in [1.807, 2.05) is 6.92 Å². The molecule has 25 heavy (non-hydrogen) atoms. The molecule has 0 spiro atoms. The van der Waals surface area contributed by atoms with Gasteiger partial charge in [0.15, 0.2) is 0 Å². The Morgan fingerprint density at radius 3 is 2.24 bits per heavy atom. The Labute approximate surface area is 146 Å². The van der Waals surface area contributed by atoms with Gasteiger partial charge in [-0.15, -0.1) is 0 Å². The first-order chi connectivity index (χ1) is 11.9. The van der Waals surface area contributed by atoms with E-state index in [4.69, 9.17) is 0 Å². The van der Waals surface area contributed by atoms with Crippen LogP contribution in [-0.2, 0) is 14.8 Å². The highest BCUT2D eigenvalue weighted by atomic mass is 32.2. The average molecular weight is 367 g/mol. The second-order valence-corrected chi connectivity index (χ2v) is 7.59. The molecule has 2 N–H and O–H groups in total. The van der Waals surface area contributed by atoms with Crippen molar-refractivity contribution in [2.75, 3.05) is 25.4 Å². The standard InChI is InChI=1S/C16H21N3O5S/c1-2-3-10-25(23,24)18-9-8-17-14(20)11-19-15(21)12-6-4-5-7-13(12)16(19)22/h4-7,18H,2-3,8-11H2,1H3,(H,17,20). The van der Waals surface area contributed by atoms with Crippen LogP contribution in [0.2, 0.25) is 0 Å². The highest BCUT2D eigenvalue weighted by Crippen LogP contribution is 2.21. The predicted octanol–water partition coefficient (Wildman–Crippen LogP) is 0.118. The molecule has 1 aliphatic heterocycles. The van der Waals surface area contributed by atoms with Gasteiger partial charge in [-0.1, -0.05) is 25.5 Å². The van der Waals surface area contributed by atoms with E-state index in [1.54, 1.807) is 24.3 Å². The van der Waals surface area contributed by atoms with Crippen molar-refractivity contribution in [1.29, 1.82) is 0 Å². The van der Waals surface area contributed by atoms with Gasteiger partial charge in [-0.3, -0.25) is 19.3 Å². The minimum absolute atomic E-state index is 0.0481. The molecule has 0 unspecified atom stereocenters. The Kier molecular flexibility index (Phi) is 6.27. The maximum atomic E-state index is 12.1. The van der Waals surface area contributed by atoms with Crippen LogP contribution in [0, 0.1) is 0 Å². The second kappa shape index (κ2) is 8.21. The third-order valence-corrected chi connectivity index (χ3v) is 5.19. The highest BCUT2D eigenvalue weighted by Gasteiger charge is 2.36. The Hall–Kier alpha value is -2.26. The number of fused-ring (bicyclic) bond motifs is 1. The number of sulfonamides is 1. The molecule has 3 amide bonds. The Morgan fingerprint density at radius 1 is 1.08 bits per heavy atom. The van der Waals surface area contributed by atoms with Crippen LogP contribution in [0.5, 0.6) is 0 Å². The van der Waals surface area contributed by atoms with Crippen molar-refractivity contribution >= 4 is 27.7 Å². The van der Waals surface area contributed by atoms with Gasteiger partial charge in [0.05, 0.1) is 16.9 Å². The molecule has 1 heterocycles. The smallest absolute Gasteiger partial charge is 0.262 e. The van der Waals surface area contributed by atoms with Crippen LogP contribution in [0.1, 0.15) is 40.5 Å². The van der Waals surface area contributed by atoms with Crippen molar-refractivity contribution in [2.24, 2.45) is 0 Å². The molecule has 0 saturated carbocycles. The zero-order valence-electron chi connectivity index (χ0n) is 13.9. The van der Waals surface area contributed by atoms with Gasteiger partial charge in [-0.2, -0.15) is 0 Å². The molecule has 8 nitrogen and oxygen atoms in total. The van der Waals surface area contributed by atoms with E-state index in [-0.39, 0.29) is 30.0 Å². The summed E-state index contributed by atoms with van der Waals surface area (Å²) >= 11 is 0. The Morgan fingerprint density at radius 2 is 1.68 bits per heavy atom. The first-order valence-corrected chi connectivity index (χ1v) is 9.70. The van der Waals surface area contributed by atoms with E-state index in [2.05, 4.69) is 10.0 Å². The van der Waals surface area contributed by atoms with Gasteiger partial charge in [0.2, 0.25) is 15.9 Å². The molecule has 0 saturated heterocycles. The number of amides is 3. The van der Waals surface area contributed by atoms with Crippen LogP contribution in [0.25, 0.3) is 0 Å². The lowest BCUT2D eigenvalue weighted by Crippen LogP contribution is -2.42. The number of carbonyl (C=O) groups is 3. The largest absolute Gasteiger partial charge is 0.353 e. The minimum atomic E-state index is -3.34. The van der Waals surface area contributed by atoms with Gasteiger partial charge in [0.25, 0.3) is 11.8 Å². The zero-order chi connectivity index (χ0) is 18.4. The summed E-state index contributed by atoms with van der Waals surface area (Å²) in [5.74, 6) is -1.48. The number of carbonyl (C=O) groups excluding carboxylic acids is 3. The number of hydrogen-bond donors (Lipinski definition) is 2. The van der Waals surface area contributed by atoms with Crippen molar-refractivity contribution < 1.29 is 22.8 Å². The summed E-state index contributed by atoms with van der Waals surface area (Å²) in [5, 5.41) is 2.49. The van der Waals surface area contributed by atoms with Crippen molar-refractivity contribution in [3.05, 3.63) is 35.4 Å². The van der Waals surface area contributed by atoms with E-state index in [0.717, 1.165) is 11.3 Å². The molecular weight excluding hydrogens is 346 g/mol. The Bertz CT molecular complexity index is 741. The number of benzene rings is 1. The van der Waals surface area contributed by atoms with E-state index in [9.17, 15) is 22.8 Å². The van der Waals surface area contributed by atoms with Gasteiger partial charge in [0, 0.05) is 13.1 Å². The zero-order valence-corrected chi connectivity index (χ0v) is 14.8. The summed E-state index contributed by atoms with van der Waals surface area (Å²) in [4.78, 5) is 37.1. The molecular formula is C16H21N3O5S. The number of imide groups is 1. The van der Waals surface area contributed by atoms with Crippen LogP contribution in [0.15, 0.2) is 24.3 Å². The first-order valence-electron chi connectivity index (χ1n) is 8.05. The predicted molar refractivity (Wildman–Crippen MR) is 91.5 cm³/mol. The van der Waals surface area contributed by atoms with E-state index < -0.39 is 34.3 Å². The summed E-state index contributed by atoms with van der Waals surface area (Å²) in [5.41, 5.74) is 0.563. The van der Waals surface area contributed by atoms with E-state index >= 15 is 0 Å². The fraction of sp³-hybridized carbons (Fsp3) is 0.438. The lowest BCUT2D eigenvalue weighted by atomic mass is 10.1. The number of rotatable bonds is 9. The summed E-state index contributed by atoms with van der Waals surface area (Å²) in [7, 11) is -3.34. The SMILES string of the molecule is CCCCS(=O)(=O)NCCNC(=O)CN1C(=O)c2ccccc2C1=O. The van der Waals surface area contributed by atoms with Crippen LogP contribution < -0.4 is 10.0 Å². The molecule has 1 aliphatic rings. The molecule has 136 valence electrons. The molecule has 1 aromatic carbocycles. The van der Waals surface area contributed by atoms with Crippen molar-refractivity contribution in [3.63, 3.8) is 0 Å². The molecule has 0 radical (unpaired) electrons. The molecule has 0 aliphatic carbocycles. The summed E-state index contributed by atoms with van der Waals surface area (Å²) in [6.07, 6.45) is 1.35. The molecule has 0 aromatic heterocycles. The number of nitrogens with zero attached hydrogens (tertiary/aromatic N) is 1. The number of nitrogens with one attached hydrogen (secondary N) is 2. The second-order valence-electron chi connectivity index (χ2n) is 5.66. The fourth-order valence-electron chi connectivity index (χ4n) is 2.40. The summed E-state index contributed by atoms with van der Waals surface area (Å²) < 4.78 is 25.6. The van der Waals surface area contributed by atoms with Crippen molar-refractivity contribution in [2.45, 2.75) is 19.8 Å². The monoisotopic (exact) mass is 367 g/mol. The van der Waals surface area contributed by atoms with Crippen LogP contribution in [-0.4, -0.2) is 56.4 Å². The maximum absolute atomic E-state index is 12.1. The third kappa shape index (κ3) is 4.86. The maximum Gasteiger partial charge on any atom is 0.262 e. The van der Waals surface area contributed by atoms with Crippen molar-refractivity contribution in [1.82, 2.24) is 14.9 Å². The van der Waals surface area contributed by atoms with Crippen LogP contribution in [0.4, 0.5) is 0 Å². The third-order valence-electron chi connectivity index (χ3n) is 3.72. The van der Waals surface area contributed by atoms with Crippen LogP contribution >= 0.6 is 0 Å². The van der Waals surface area contributed by atoms with Gasteiger partial charge in [-0.05, 0) is 18.6 Å². The molecule has 9 heteroatoms. The van der Waals surface area contributed by atoms with Gasteiger partial charge < -0.3 is 5.32 Å². The molecule has 1 aromatic rings. The average Bonchev–Trinajstić information content (AvgIpc) is 2.82. The van der Waals surface area contributed by atoms with Crippen molar-refractivity contribution in [3.8, 4) is 0 Å². The summed E-state index contributed by atoms with van der Waals surface area (Å²) in [6, 6.07) is 6.38. The summed E-state index contributed by atoms with van der Waals surface area (Å²) in [6.45, 7) is 1.64. The number of hydrogen-bond acceptors (Lipinski definition) is 5. The van der Waals surface area contributed by atoms with Gasteiger partial charge in [-0.25, -0.2) is 13.1 Å². The normalized spacial score (nSPS) is 13.9. The van der Waals surface area contributed by atoms with E-state index in [1.165, 1.54) is 0 Å². The lowest BCUT2D eigenvalue weighted by Gasteiger charge is -2.13. The minimum Gasteiger partial charge on any atom is -0.353 e.